The van der Waals surface area contributed by atoms with E-state index in [1.54, 1.807) is 0 Å². The van der Waals surface area contributed by atoms with Crippen LogP contribution in [-0.2, 0) is 23.9 Å². The van der Waals surface area contributed by atoms with Gasteiger partial charge >= 0.3 is 17.9 Å². The Morgan fingerprint density at radius 2 is 1.57 bits per heavy atom. The molecule has 0 aromatic rings. The Hall–Kier alpha value is -1.85. The molecule has 0 spiro atoms. The number of rotatable bonds is 11. The molecule has 1 atom stereocenters. The first-order valence-electron chi connectivity index (χ1n) is 7.00. The number of carbonyl (C=O) groups is 3. The second-order valence-corrected chi connectivity index (χ2v) is 4.79. The number of carboxylic acids is 1. The first-order chi connectivity index (χ1) is 9.93. The van der Waals surface area contributed by atoms with Crippen LogP contribution in [0.2, 0.25) is 0 Å². The molecule has 0 aliphatic rings. The standard InChI is InChI=1S/C15H24O6/c1-11(14(18)20-2)12(15(19)21-3)9-7-5-4-6-8-10-13(16)17/h12H,1,4-10H2,2-3H3,(H,16,17)/t12-/m0/s1. The summed E-state index contributed by atoms with van der Waals surface area (Å²) in [6.45, 7) is 3.60. The van der Waals surface area contributed by atoms with Gasteiger partial charge in [-0.15, -0.1) is 0 Å². The summed E-state index contributed by atoms with van der Waals surface area (Å²) in [4.78, 5) is 33.4. The zero-order valence-electron chi connectivity index (χ0n) is 12.7. The van der Waals surface area contributed by atoms with Gasteiger partial charge in [0.25, 0.3) is 0 Å². The predicted octanol–water partition coefficient (Wildman–Crippen LogP) is 2.32. The van der Waals surface area contributed by atoms with Crippen LogP contribution in [-0.4, -0.2) is 37.2 Å². The minimum Gasteiger partial charge on any atom is -0.481 e. The molecule has 0 aromatic carbocycles. The third kappa shape index (κ3) is 8.12. The normalized spacial score (nSPS) is 11.5. The number of methoxy groups -OCH3 is 2. The summed E-state index contributed by atoms with van der Waals surface area (Å²) < 4.78 is 9.24. The predicted molar refractivity (Wildman–Crippen MR) is 76.6 cm³/mol. The number of carboxylic acid groups (broad SMARTS) is 1. The van der Waals surface area contributed by atoms with Gasteiger partial charge < -0.3 is 14.6 Å². The highest BCUT2D eigenvalue weighted by Crippen LogP contribution is 2.21. The molecule has 0 bridgehead atoms. The van der Waals surface area contributed by atoms with Gasteiger partial charge in [-0.05, 0) is 12.8 Å². The van der Waals surface area contributed by atoms with Crippen molar-refractivity contribution in [1.29, 1.82) is 0 Å². The van der Waals surface area contributed by atoms with Crippen LogP contribution < -0.4 is 0 Å². The first-order valence-corrected chi connectivity index (χ1v) is 7.00. The van der Waals surface area contributed by atoms with E-state index in [-0.39, 0.29) is 12.0 Å². The van der Waals surface area contributed by atoms with Gasteiger partial charge in [-0.25, -0.2) is 4.79 Å². The number of unbranched alkanes of at least 4 members (excludes halogenated alkanes) is 4. The Balaban J connectivity index is 4.09. The van der Waals surface area contributed by atoms with E-state index in [0.717, 1.165) is 25.7 Å². The van der Waals surface area contributed by atoms with Crippen LogP contribution in [0.15, 0.2) is 12.2 Å². The molecule has 21 heavy (non-hydrogen) atoms. The molecular formula is C15H24O6. The molecule has 0 fully saturated rings. The van der Waals surface area contributed by atoms with E-state index in [0.29, 0.717) is 12.8 Å². The fourth-order valence-electron chi connectivity index (χ4n) is 2.00. The van der Waals surface area contributed by atoms with Gasteiger partial charge in [0.15, 0.2) is 0 Å². The second kappa shape index (κ2) is 10.9. The summed E-state index contributed by atoms with van der Waals surface area (Å²) in [6, 6.07) is 0. The number of hydrogen-bond donors (Lipinski definition) is 1. The van der Waals surface area contributed by atoms with Crippen molar-refractivity contribution in [3.05, 3.63) is 12.2 Å². The van der Waals surface area contributed by atoms with E-state index < -0.39 is 23.8 Å². The SMILES string of the molecule is C=C(C(=O)OC)[C@H](CCCCCCCC(=O)O)C(=O)OC. The van der Waals surface area contributed by atoms with Crippen LogP contribution in [0.25, 0.3) is 0 Å². The van der Waals surface area contributed by atoms with Crippen LogP contribution in [0.3, 0.4) is 0 Å². The molecule has 0 saturated carbocycles. The average Bonchev–Trinajstić information content (AvgIpc) is 2.47. The van der Waals surface area contributed by atoms with Crippen LogP contribution in [0.5, 0.6) is 0 Å². The maximum atomic E-state index is 11.7. The van der Waals surface area contributed by atoms with Crippen LogP contribution >= 0.6 is 0 Å². The number of esters is 2. The Bertz CT molecular complexity index is 374. The quantitative estimate of drug-likeness (QED) is 0.358. The molecule has 6 heteroatoms. The summed E-state index contributed by atoms with van der Waals surface area (Å²) in [5.74, 6) is -2.56. The van der Waals surface area contributed by atoms with Crippen molar-refractivity contribution < 1.29 is 29.0 Å². The lowest BCUT2D eigenvalue weighted by atomic mass is 9.93. The van der Waals surface area contributed by atoms with Crippen molar-refractivity contribution in [1.82, 2.24) is 0 Å². The lowest BCUT2D eigenvalue weighted by molar-refractivity contribution is -0.147. The third-order valence-electron chi connectivity index (χ3n) is 3.24. The summed E-state index contributed by atoms with van der Waals surface area (Å²) in [5.41, 5.74) is 0.107. The Morgan fingerprint density at radius 3 is 2.10 bits per heavy atom. The summed E-state index contributed by atoms with van der Waals surface area (Å²) in [5, 5.41) is 8.51. The Kier molecular flexibility index (Phi) is 9.92. The molecule has 0 unspecified atom stereocenters. The zero-order chi connectivity index (χ0) is 16.3. The van der Waals surface area contributed by atoms with E-state index >= 15 is 0 Å². The van der Waals surface area contributed by atoms with Gasteiger partial charge in [0.05, 0.1) is 20.1 Å². The largest absolute Gasteiger partial charge is 0.481 e. The van der Waals surface area contributed by atoms with Crippen molar-refractivity contribution >= 4 is 17.9 Å². The molecule has 0 aliphatic heterocycles. The molecule has 6 nitrogen and oxygen atoms in total. The molecule has 120 valence electrons. The molecule has 1 N–H and O–H groups in total. The van der Waals surface area contributed by atoms with Crippen LogP contribution in [0.1, 0.15) is 44.9 Å². The van der Waals surface area contributed by atoms with Crippen molar-refractivity contribution in [2.75, 3.05) is 14.2 Å². The minimum atomic E-state index is -0.782. The van der Waals surface area contributed by atoms with Crippen molar-refractivity contribution in [2.24, 2.45) is 5.92 Å². The minimum absolute atomic E-state index is 0.107. The Morgan fingerprint density at radius 1 is 1.00 bits per heavy atom. The Labute approximate surface area is 125 Å². The molecule has 0 aromatic heterocycles. The number of aliphatic carboxylic acids is 1. The van der Waals surface area contributed by atoms with Crippen LogP contribution in [0, 0.1) is 5.92 Å². The molecule has 0 aliphatic carbocycles. The molecule has 0 amide bonds. The zero-order valence-corrected chi connectivity index (χ0v) is 12.7. The summed E-state index contributed by atoms with van der Waals surface area (Å²) in [6.07, 6.45) is 4.65. The highest BCUT2D eigenvalue weighted by atomic mass is 16.5. The van der Waals surface area contributed by atoms with E-state index in [9.17, 15) is 14.4 Å². The van der Waals surface area contributed by atoms with Gasteiger partial charge in [-0.2, -0.15) is 0 Å². The number of ether oxygens (including phenoxy) is 2. The van der Waals surface area contributed by atoms with Gasteiger partial charge in [0, 0.05) is 12.0 Å². The molecule has 0 rings (SSSR count). The monoisotopic (exact) mass is 300 g/mol. The van der Waals surface area contributed by atoms with Gasteiger partial charge in [0.1, 0.15) is 0 Å². The highest BCUT2D eigenvalue weighted by molar-refractivity contribution is 5.94. The highest BCUT2D eigenvalue weighted by Gasteiger charge is 2.27. The first kappa shape index (κ1) is 19.1. The van der Waals surface area contributed by atoms with Gasteiger partial charge in [-0.1, -0.05) is 32.3 Å². The van der Waals surface area contributed by atoms with Gasteiger partial charge in [-0.3, -0.25) is 9.59 Å². The van der Waals surface area contributed by atoms with E-state index in [1.807, 2.05) is 0 Å². The van der Waals surface area contributed by atoms with Crippen LogP contribution in [0.4, 0.5) is 0 Å². The van der Waals surface area contributed by atoms with E-state index in [2.05, 4.69) is 16.1 Å². The van der Waals surface area contributed by atoms with E-state index in [1.165, 1.54) is 14.2 Å². The maximum Gasteiger partial charge on any atom is 0.334 e. The van der Waals surface area contributed by atoms with Crippen molar-refractivity contribution in [3.8, 4) is 0 Å². The van der Waals surface area contributed by atoms with Crippen molar-refractivity contribution in [2.45, 2.75) is 44.9 Å². The summed E-state index contributed by atoms with van der Waals surface area (Å²) in [7, 11) is 2.51. The molecule has 0 radical (unpaired) electrons. The smallest absolute Gasteiger partial charge is 0.334 e. The molecule has 0 heterocycles. The summed E-state index contributed by atoms with van der Waals surface area (Å²) >= 11 is 0. The molecule has 0 saturated heterocycles. The third-order valence-corrected chi connectivity index (χ3v) is 3.24. The number of carbonyl (C=O) groups excluding carboxylic acids is 2. The topological polar surface area (TPSA) is 89.9 Å². The second-order valence-electron chi connectivity index (χ2n) is 4.79. The average molecular weight is 300 g/mol. The fourth-order valence-corrected chi connectivity index (χ4v) is 2.00. The lowest BCUT2D eigenvalue weighted by Gasteiger charge is -2.15. The lowest BCUT2D eigenvalue weighted by Crippen LogP contribution is -2.23. The van der Waals surface area contributed by atoms with E-state index in [4.69, 9.17) is 5.11 Å². The maximum absolute atomic E-state index is 11.7. The number of hydrogen-bond acceptors (Lipinski definition) is 5. The van der Waals surface area contributed by atoms with Gasteiger partial charge in [0.2, 0.25) is 0 Å². The van der Waals surface area contributed by atoms with Crippen molar-refractivity contribution in [3.63, 3.8) is 0 Å². The molecular weight excluding hydrogens is 276 g/mol. The fraction of sp³-hybridized carbons (Fsp3) is 0.667.